The van der Waals surface area contributed by atoms with Crippen LogP contribution in [0.3, 0.4) is 0 Å². The standard InChI is InChI=1S/C25H17ClN2O4/c1-13-10-11-14(26)12-19(13)27-23(29)21-20-15-6-2-4-8-17(15)25(28(31)32,22(21)24(27)30)18-9-5-3-7-16(18)20/h2-12,20-22H,1H3/t20?,21-,22-,25?/m1/s1. The van der Waals surface area contributed by atoms with Gasteiger partial charge in [0.1, 0.15) is 5.92 Å². The normalized spacial score (nSPS) is 27.2. The van der Waals surface area contributed by atoms with Crippen molar-refractivity contribution < 1.29 is 14.5 Å². The summed E-state index contributed by atoms with van der Waals surface area (Å²) in [4.78, 5) is 41.4. The van der Waals surface area contributed by atoms with Gasteiger partial charge in [-0.25, -0.2) is 4.90 Å². The highest BCUT2D eigenvalue weighted by Gasteiger charge is 2.74. The largest absolute Gasteiger partial charge is 0.285 e. The number of carbonyl (C=O) groups is 2. The Labute approximate surface area is 188 Å². The highest BCUT2D eigenvalue weighted by Crippen LogP contribution is 2.64. The monoisotopic (exact) mass is 444 g/mol. The molecule has 3 aromatic carbocycles. The quantitative estimate of drug-likeness (QED) is 0.332. The molecule has 7 heteroatoms. The molecule has 1 aliphatic heterocycles. The second kappa shape index (κ2) is 6.26. The zero-order valence-electron chi connectivity index (χ0n) is 17.0. The molecule has 3 aromatic rings. The number of benzene rings is 3. The van der Waals surface area contributed by atoms with Crippen LogP contribution >= 0.6 is 11.6 Å². The van der Waals surface area contributed by atoms with Crippen LogP contribution in [0.15, 0.2) is 66.7 Å². The first-order valence-corrected chi connectivity index (χ1v) is 10.7. The maximum atomic E-state index is 13.9. The molecule has 0 N–H and O–H groups in total. The van der Waals surface area contributed by atoms with E-state index in [4.69, 9.17) is 11.6 Å². The van der Waals surface area contributed by atoms with Crippen LogP contribution in [0.1, 0.15) is 33.7 Å². The summed E-state index contributed by atoms with van der Waals surface area (Å²) >= 11 is 6.18. The molecule has 3 aliphatic carbocycles. The Bertz CT molecular complexity index is 1320. The Balaban J connectivity index is 1.68. The summed E-state index contributed by atoms with van der Waals surface area (Å²) in [7, 11) is 0. The van der Waals surface area contributed by atoms with Gasteiger partial charge < -0.3 is 0 Å². The van der Waals surface area contributed by atoms with Crippen molar-refractivity contribution in [2.75, 3.05) is 4.90 Å². The van der Waals surface area contributed by atoms with Gasteiger partial charge in [0, 0.05) is 27.0 Å². The number of carbonyl (C=O) groups excluding carboxylic acids is 2. The molecule has 0 spiro atoms. The first-order valence-electron chi connectivity index (χ1n) is 10.4. The van der Waals surface area contributed by atoms with Crippen LogP contribution in [0.25, 0.3) is 0 Å². The maximum Gasteiger partial charge on any atom is 0.285 e. The minimum absolute atomic E-state index is 0.364. The first kappa shape index (κ1) is 19.2. The second-order valence-electron chi connectivity index (χ2n) is 8.62. The van der Waals surface area contributed by atoms with E-state index in [9.17, 15) is 19.7 Å². The number of nitro groups is 1. The minimum Gasteiger partial charge on any atom is -0.274 e. The van der Waals surface area contributed by atoms with Crippen LogP contribution in [0, 0.1) is 28.9 Å². The van der Waals surface area contributed by atoms with E-state index in [-0.39, 0.29) is 4.92 Å². The number of anilines is 1. The van der Waals surface area contributed by atoms with E-state index in [2.05, 4.69) is 0 Å². The van der Waals surface area contributed by atoms with Crippen molar-refractivity contribution in [2.24, 2.45) is 11.8 Å². The molecule has 1 saturated heterocycles. The second-order valence-corrected chi connectivity index (χ2v) is 9.06. The van der Waals surface area contributed by atoms with Crippen LogP contribution in [0.2, 0.25) is 5.02 Å². The molecule has 0 radical (unpaired) electrons. The van der Waals surface area contributed by atoms with Crippen molar-refractivity contribution in [1.82, 2.24) is 0 Å². The summed E-state index contributed by atoms with van der Waals surface area (Å²) < 4.78 is 0. The van der Waals surface area contributed by atoms with Gasteiger partial charge in [-0.1, -0.05) is 66.2 Å². The van der Waals surface area contributed by atoms with Crippen LogP contribution in [-0.2, 0) is 15.1 Å². The number of imide groups is 1. The van der Waals surface area contributed by atoms with E-state index < -0.39 is 35.1 Å². The van der Waals surface area contributed by atoms with Crippen molar-refractivity contribution in [3.63, 3.8) is 0 Å². The van der Waals surface area contributed by atoms with Gasteiger partial charge in [-0.05, 0) is 35.7 Å². The Morgan fingerprint density at radius 1 is 0.938 bits per heavy atom. The van der Waals surface area contributed by atoms with E-state index in [1.54, 1.807) is 49.4 Å². The molecule has 7 rings (SSSR count). The third kappa shape index (κ3) is 2.06. The molecule has 1 fully saturated rings. The number of aryl methyl sites for hydroxylation is 1. The molecule has 32 heavy (non-hydrogen) atoms. The fourth-order valence-corrected chi connectivity index (χ4v) is 6.27. The summed E-state index contributed by atoms with van der Waals surface area (Å²) in [5.41, 5.74) is 1.76. The molecular formula is C25H17ClN2O4. The molecule has 2 bridgehead atoms. The van der Waals surface area contributed by atoms with E-state index >= 15 is 0 Å². The zero-order chi connectivity index (χ0) is 22.4. The molecule has 2 atom stereocenters. The summed E-state index contributed by atoms with van der Waals surface area (Å²) in [6, 6.07) is 19.3. The summed E-state index contributed by atoms with van der Waals surface area (Å²) in [5, 5.41) is 13.3. The summed E-state index contributed by atoms with van der Waals surface area (Å²) in [6.45, 7) is 1.79. The van der Waals surface area contributed by atoms with Gasteiger partial charge in [0.25, 0.3) is 5.54 Å². The van der Waals surface area contributed by atoms with Crippen LogP contribution in [0.5, 0.6) is 0 Å². The average molecular weight is 445 g/mol. The van der Waals surface area contributed by atoms with Gasteiger partial charge in [-0.2, -0.15) is 0 Å². The third-order valence-corrected chi connectivity index (χ3v) is 7.51. The number of amides is 2. The Morgan fingerprint density at radius 2 is 1.53 bits per heavy atom. The lowest BCUT2D eigenvalue weighted by Crippen LogP contribution is -2.57. The smallest absolute Gasteiger partial charge is 0.274 e. The van der Waals surface area contributed by atoms with Gasteiger partial charge in [0.05, 0.1) is 11.6 Å². The van der Waals surface area contributed by atoms with E-state index in [0.29, 0.717) is 27.4 Å². The molecule has 0 aromatic heterocycles. The Morgan fingerprint density at radius 3 is 2.12 bits per heavy atom. The molecule has 4 aliphatic rings. The zero-order valence-corrected chi connectivity index (χ0v) is 17.7. The number of hydrogen-bond acceptors (Lipinski definition) is 4. The third-order valence-electron chi connectivity index (χ3n) is 7.27. The number of nitrogens with zero attached hydrogens (tertiary/aromatic N) is 2. The topological polar surface area (TPSA) is 80.5 Å². The van der Waals surface area contributed by atoms with Crippen molar-refractivity contribution in [3.05, 3.63) is 110 Å². The van der Waals surface area contributed by atoms with Crippen LogP contribution in [-0.4, -0.2) is 16.7 Å². The van der Waals surface area contributed by atoms with Crippen LogP contribution < -0.4 is 4.90 Å². The fraction of sp³-hybridized carbons (Fsp3) is 0.200. The van der Waals surface area contributed by atoms with Gasteiger partial charge in [0.15, 0.2) is 0 Å². The summed E-state index contributed by atoms with van der Waals surface area (Å²) in [5.74, 6) is -3.36. The van der Waals surface area contributed by atoms with E-state index in [1.807, 2.05) is 24.3 Å². The molecule has 2 amide bonds. The number of hydrogen-bond donors (Lipinski definition) is 0. The molecule has 6 nitrogen and oxygen atoms in total. The van der Waals surface area contributed by atoms with E-state index in [1.165, 1.54) is 0 Å². The minimum atomic E-state index is -1.82. The van der Waals surface area contributed by atoms with Crippen molar-refractivity contribution >= 4 is 29.1 Å². The Hall–Kier alpha value is -3.51. The first-order chi connectivity index (χ1) is 15.4. The lowest BCUT2D eigenvalue weighted by atomic mass is 9.51. The number of halogens is 1. The Kier molecular flexibility index (Phi) is 3.76. The van der Waals surface area contributed by atoms with E-state index in [0.717, 1.165) is 16.0 Å². The number of rotatable bonds is 2. The SMILES string of the molecule is Cc1ccc(Cl)cc1N1C(=O)[C@@H]2C3c4ccccc4C([N+](=O)[O-])(c4ccccc43)[C@H]2C1=O. The fourth-order valence-electron chi connectivity index (χ4n) is 6.10. The maximum absolute atomic E-state index is 13.9. The average Bonchev–Trinajstić information content (AvgIpc) is 3.06. The van der Waals surface area contributed by atoms with Crippen molar-refractivity contribution in [2.45, 2.75) is 18.4 Å². The van der Waals surface area contributed by atoms with Crippen molar-refractivity contribution in [3.8, 4) is 0 Å². The van der Waals surface area contributed by atoms with Gasteiger partial charge in [0.2, 0.25) is 11.8 Å². The van der Waals surface area contributed by atoms with Gasteiger partial charge in [-0.15, -0.1) is 0 Å². The predicted molar refractivity (Wildman–Crippen MR) is 118 cm³/mol. The molecule has 0 saturated carbocycles. The lowest BCUT2D eigenvalue weighted by Gasteiger charge is -2.48. The highest BCUT2D eigenvalue weighted by molar-refractivity contribution is 6.31. The lowest BCUT2D eigenvalue weighted by molar-refractivity contribution is -0.578. The van der Waals surface area contributed by atoms with Crippen LogP contribution in [0.4, 0.5) is 5.69 Å². The molecule has 158 valence electrons. The molecule has 0 unspecified atom stereocenters. The molecule has 1 heterocycles. The van der Waals surface area contributed by atoms with Gasteiger partial charge >= 0.3 is 0 Å². The van der Waals surface area contributed by atoms with Crippen molar-refractivity contribution in [1.29, 1.82) is 0 Å². The summed E-state index contributed by atoms with van der Waals surface area (Å²) in [6.07, 6.45) is 0. The highest BCUT2D eigenvalue weighted by atomic mass is 35.5. The molecular weight excluding hydrogens is 428 g/mol. The van der Waals surface area contributed by atoms with Gasteiger partial charge in [-0.3, -0.25) is 19.7 Å². The predicted octanol–water partition coefficient (Wildman–Crippen LogP) is 4.43.